The van der Waals surface area contributed by atoms with E-state index < -0.39 is 10.0 Å². The number of hydrogen-bond acceptors (Lipinski definition) is 4. The van der Waals surface area contributed by atoms with Gasteiger partial charge in [0.2, 0.25) is 10.0 Å². The predicted octanol–water partition coefficient (Wildman–Crippen LogP) is 3.76. The van der Waals surface area contributed by atoms with Crippen LogP contribution in [0, 0.1) is 0 Å². The normalized spacial score (nSPS) is 11.1. The molecule has 156 valence electrons. The zero-order valence-electron chi connectivity index (χ0n) is 16.3. The zero-order chi connectivity index (χ0) is 21.6. The maximum atomic E-state index is 12.9. The molecule has 0 fully saturated rings. The summed E-state index contributed by atoms with van der Waals surface area (Å²) in [6, 6.07) is 20.6. The van der Waals surface area contributed by atoms with Crippen LogP contribution in [0.1, 0.15) is 21.5 Å². The number of hydrogen-bond donors (Lipinski definition) is 2. The summed E-state index contributed by atoms with van der Waals surface area (Å²) in [6.45, 7) is 0.412. The van der Waals surface area contributed by atoms with Crippen LogP contribution in [0.25, 0.3) is 0 Å². The van der Waals surface area contributed by atoms with Crippen LogP contribution in [0.4, 0.5) is 0 Å². The first-order valence-electron chi connectivity index (χ1n) is 9.13. The molecule has 0 aliphatic rings. The molecule has 0 spiro atoms. The van der Waals surface area contributed by atoms with Gasteiger partial charge < -0.3 is 10.1 Å². The Labute approximate surface area is 180 Å². The van der Waals surface area contributed by atoms with Gasteiger partial charge in [-0.05, 0) is 41.5 Å². The molecule has 2 N–H and O–H groups in total. The average molecular weight is 445 g/mol. The number of halogens is 1. The van der Waals surface area contributed by atoms with Gasteiger partial charge in [-0.25, -0.2) is 13.1 Å². The van der Waals surface area contributed by atoms with Crippen molar-refractivity contribution >= 4 is 27.5 Å². The molecule has 6 nitrogen and oxygen atoms in total. The summed E-state index contributed by atoms with van der Waals surface area (Å²) in [4.78, 5) is 12.4. The van der Waals surface area contributed by atoms with Crippen molar-refractivity contribution in [2.75, 3.05) is 7.11 Å². The fourth-order valence-corrected chi connectivity index (χ4v) is 4.10. The Morgan fingerprint density at radius 1 is 0.933 bits per heavy atom. The van der Waals surface area contributed by atoms with E-state index in [2.05, 4.69) is 10.0 Å². The smallest absolute Gasteiger partial charge is 0.251 e. The maximum Gasteiger partial charge on any atom is 0.251 e. The van der Waals surface area contributed by atoms with Gasteiger partial charge in [-0.3, -0.25) is 4.79 Å². The molecule has 0 atom stereocenters. The highest BCUT2D eigenvalue weighted by atomic mass is 35.5. The quantitative estimate of drug-likeness (QED) is 0.554. The molecule has 1 amide bonds. The average Bonchev–Trinajstić information content (AvgIpc) is 2.77. The molecule has 0 aliphatic carbocycles. The SMILES string of the molecule is COc1ccc(C(=O)NCc2ccccc2)cc1S(=O)(=O)NCc1ccc(Cl)cc1. The van der Waals surface area contributed by atoms with Crippen molar-refractivity contribution in [3.05, 3.63) is 94.5 Å². The minimum atomic E-state index is -3.92. The van der Waals surface area contributed by atoms with Crippen LogP contribution in [0.5, 0.6) is 5.75 Å². The Hall–Kier alpha value is -2.87. The molecule has 0 saturated carbocycles. The second-order valence-electron chi connectivity index (χ2n) is 6.48. The second-order valence-corrected chi connectivity index (χ2v) is 8.66. The lowest BCUT2D eigenvalue weighted by Gasteiger charge is -2.13. The van der Waals surface area contributed by atoms with Gasteiger partial charge in [-0.1, -0.05) is 54.1 Å². The van der Waals surface area contributed by atoms with Gasteiger partial charge in [-0.15, -0.1) is 0 Å². The molecule has 0 bridgehead atoms. The molecule has 3 rings (SSSR count). The van der Waals surface area contributed by atoms with Crippen molar-refractivity contribution in [1.29, 1.82) is 0 Å². The van der Waals surface area contributed by atoms with E-state index in [4.69, 9.17) is 16.3 Å². The molecule has 0 unspecified atom stereocenters. The lowest BCUT2D eigenvalue weighted by molar-refractivity contribution is 0.0950. The van der Waals surface area contributed by atoms with E-state index in [1.54, 1.807) is 24.3 Å². The van der Waals surface area contributed by atoms with E-state index in [1.807, 2.05) is 30.3 Å². The Morgan fingerprint density at radius 2 is 1.60 bits per heavy atom. The van der Waals surface area contributed by atoms with Crippen molar-refractivity contribution in [3.8, 4) is 5.75 Å². The van der Waals surface area contributed by atoms with E-state index in [0.29, 0.717) is 11.6 Å². The largest absolute Gasteiger partial charge is 0.495 e. The molecule has 0 aromatic heterocycles. The fourth-order valence-electron chi connectivity index (χ4n) is 2.77. The third kappa shape index (κ3) is 5.60. The number of benzene rings is 3. The Kier molecular flexibility index (Phi) is 7.10. The number of amides is 1. The third-order valence-electron chi connectivity index (χ3n) is 4.39. The number of ether oxygens (including phenoxy) is 1. The Balaban J connectivity index is 1.77. The first kappa shape index (κ1) is 21.8. The van der Waals surface area contributed by atoms with E-state index in [-0.39, 0.29) is 28.7 Å². The van der Waals surface area contributed by atoms with Crippen molar-refractivity contribution in [2.45, 2.75) is 18.0 Å². The second kappa shape index (κ2) is 9.75. The van der Waals surface area contributed by atoms with E-state index >= 15 is 0 Å². The summed E-state index contributed by atoms with van der Waals surface area (Å²) in [6.07, 6.45) is 0. The minimum Gasteiger partial charge on any atom is -0.495 e. The summed E-state index contributed by atoms with van der Waals surface area (Å²) in [5.74, 6) is -0.228. The number of sulfonamides is 1. The van der Waals surface area contributed by atoms with Crippen molar-refractivity contribution in [3.63, 3.8) is 0 Å². The standard InChI is InChI=1S/C22H21ClN2O4S/c1-29-20-12-9-18(22(26)24-14-16-5-3-2-4-6-16)13-21(20)30(27,28)25-15-17-7-10-19(23)11-8-17/h2-13,25H,14-15H2,1H3,(H,24,26). The highest BCUT2D eigenvalue weighted by Gasteiger charge is 2.21. The summed E-state index contributed by atoms with van der Waals surface area (Å²) in [5.41, 5.74) is 1.91. The van der Waals surface area contributed by atoms with Crippen molar-refractivity contribution in [2.24, 2.45) is 0 Å². The van der Waals surface area contributed by atoms with Gasteiger partial charge in [0.25, 0.3) is 5.91 Å². The highest BCUT2D eigenvalue weighted by Crippen LogP contribution is 2.25. The molecule has 8 heteroatoms. The molecule has 3 aromatic rings. The molecule has 30 heavy (non-hydrogen) atoms. The van der Waals surface area contributed by atoms with E-state index in [0.717, 1.165) is 11.1 Å². The van der Waals surface area contributed by atoms with Crippen LogP contribution in [0.2, 0.25) is 5.02 Å². The van der Waals surface area contributed by atoms with E-state index in [1.165, 1.54) is 25.3 Å². The first-order chi connectivity index (χ1) is 14.4. The molecular formula is C22H21ClN2O4S. The van der Waals surface area contributed by atoms with Crippen LogP contribution in [0.15, 0.2) is 77.7 Å². The van der Waals surface area contributed by atoms with Gasteiger partial charge in [0.15, 0.2) is 0 Å². The molecule has 0 saturated heterocycles. The number of carbonyl (C=O) groups excluding carboxylic acids is 1. The summed E-state index contributed by atoms with van der Waals surface area (Å²) < 4.78 is 33.4. The number of nitrogens with one attached hydrogen (secondary N) is 2. The lowest BCUT2D eigenvalue weighted by Crippen LogP contribution is -2.26. The topological polar surface area (TPSA) is 84.5 Å². The van der Waals surface area contributed by atoms with Gasteiger partial charge in [0, 0.05) is 23.7 Å². The molecule has 3 aromatic carbocycles. The van der Waals surface area contributed by atoms with Crippen LogP contribution in [-0.2, 0) is 23.1 Å². The van der Waals surface area contributed by atoms with Crippen LogP contribution >= 0.6 is 11.6 Å². The molecule has 0 radical (unpaired) electrons. The number of methoxy groups -OCH3 is 1. The summed E-state index contributed by atoms with van der Waals surface area (Å²) in [7, 11) is -2.54. The zero-order valence-corrected chi connectivity index (χ0v) is 17.8. The minimum absolute atomic E-state index is 0.0765. The van der Waals surface area contributed by atoms with Crippen LogP contribution in [-0.4, -0.2) is 21.4 Å². The number of rotatable bonds is 8. The van der Waals surface area contributed by atoms with Gasteiger partial charge >= 0.3 is 0 Å². The first-order valence-corrected chi connectivity index (χ1v) is 11.0. The summed E-state index contributed by atoms with van der Waals surface area (Å²) in [5, 5.41) is 3.35. The van der Waals surface area contributed by atoms with E-state index in [9.17, 15) is 13.2 Å². The van der Waals surface area contributed by atoms with Gasteiger partial charge in [0.1, 0.15) is 10.6 Å². The maximum absolute atomic E-state index is 12.9. The van der Waals surface area contributed by atoms with Crippen LogP contribution < -0.4 is 14.8 Å². The third-order valence-corrected chi connectivity index (χ3v) is 6.07. The Morgan fingerprint density at radius 3 is 2.27 bits per heavy atom. The lowest BCUT2D eigenvalue weighted by atomic mass is 10.2. The monoisotopic (exact) mass is 444 g/mol. The van der Waals surface area contributed by atoms with Crippen molar-refractivity contribution in [1.82, 2.24) is 10.0 Å². The van der Waals surface area contributed by atoms with Gasteiger partial charge in [-0.2, -0.15) is 0 Å². The van der Waals surface area contributed by atoms with Gasteiger partial charge in [0.05, 0.1) is 7.11 Å². The molecular weight excluding hydrogens is 424 g/mol. The van der Waals surface area contributed by atoms with Crippen LogP contribution in [0.3, 0.4) is 0 Å². The molecule has 0 heterocycles. The summed E-state index contributed by atoms with van der Waals surface area (Å²) >= 11 is 5.86. The Bertz CT molecular complexity index is 1120. The highest BCUT2D eigenvalue weighted by molar-refractivity contribution is 7.89. The predicted molar refractivity (Wildman–Crippen MR) is 116 cm³/mol. The molecule has 0 aliphatic heterocycles. The number of carbonyl (C=O) groups is 1. The van der Waals surface area contributed by atoms with Crippen molar-refractivity contribution < 1.29 is 17.9 Å². The fraction of sp³-hybridized carbons (Fsp3) is 0.136.